The molecule has 27 heteroatoms. The summed E-state index contributed by atoms with van der Waals surface area (Å²) >= 11 is 0. The topological polar surface area (TPSA) is 376 Å². The summed E-state index contributed by atoms with van der Waals surface area (Å²) < 4.78 is 72.9. The number of fused-ring (bicyclic) bond motifs is 1. The molecule has 72 heavy (non-hydrogen) atoms. The van der Waals surface area contributed by atoms with Crippen molar-refractivity contribution in [2.24, 2.45) is 17.4 Å². The molecule has 408 valence electrons. The molecule has 12 unspecified atom stereocenters. The van der Waals surface area contributed by atoms with Crippen molar-refractivity contribution in [2.75, 3.05) is 40.0 Å². The second-order valence-corrected chi connectivity index (χ2v) is 20.1. The van der Waals surface area contributed by atoms with Gasteiger partial charge in [0.05, 0.1) is 25.2 Å². The first-order valence-corrected chi connectivity index (χ1v) is 26.0. The number of methoxy groups -OCH3 is 1. The fourth-order valence-corrected chi connectivity index (χ4v) is 10.1. The number of carbonyl (C=O) groups excluding carboxylic acids is 6. The number of ether oxygens (including phenoxy) is 6. The molecule has 0 aromatic rings. The number of likely N-dealkylation sites (tertiary alicyclic amines) is 1. The number of hydrogen-bond acceptors (Lipinski definition) is 18. The fourth-order valence-electron chi connectivity index (χ4n) is 9.77. The summed E-state index contributed by atoms with van der Waals surface area (Å²) in [7, 11) is -3.97. The lowest BCUT2D eigenvalue weighted by Crippen LogP contribution is -2.80. The van der Waals surface area contributed by atoms with Crippen LogP contribution < -0.4 is 27.4 Å². The summed E-state index contributed by atoms with van der Waals surface area (Å²) in [5.74, 6) is -4.69. The molecule has 4 aliphatic heterocycles. The number of carbonyl (C=O) groups is 6. The van der Waals surface area contributed by atoms with E-state index in [4.69, 9.17) is 39.9 Å². The zero-order valence-electron chi connectivity index (χ0n) is 41.5. The van der Waals surface area contributed by atoms with Crippen LogP contribution in [0, 0.1) is 5.92 Å². The monoisotopic (exact) mass is 1050 g/mol. The SMILES string of the molecule is CCCCCC(=O)OCC1OC(OC2CC3C(O)C4(C2)OC(=O)NC4C(C(=O)NCCC2=CC[N+](=C(N)N)C2)N3C(=O)[C@H](NC(=O)C(COS(=O)(=O)O)OC)[C@H](C)CC)C(OC(=O)CCCCC)C(O)C1O. The minimum Gasteiger partial charge on any atom is -0.463 e. The van der Waals surface area contributed by atoms with Crippen LogP contribution in [0.25, 0.3) is 0 Å². The zero-order valence-corrected chi connectivity index (χ0v) is 42.3. The number of aliphatic hydroxyl groups is 3. The van der Waals surface area contributed by atoms with Gasteiger partial charge in [-0.2, -0.15) is 8.42 Å². The van der Waals surface area contributed by atoms with Gasteiger partial charge in [-0.3, -0.25) is 44.6 Å². The van der Waals surface area contributed by atoms with E-state index in [9.17, 15) is 52.3 Å². The zero-order chi connectivity index (χ0) is 53.1. The second kappa shape index (κ2) is 26.0. The summed E-state index contributed by atoms with van der Waals surface area (Å²) in [6.45, 7) is 6.59. The first-order valence-electron chi connectivity index (χ1n) is 24.6. The number of hydrogen-bond donors (Lipinski definition) is 9. The predicted octanol–water partition coefficient (Wildman–Crippen LogP) is -1.89. The van der Waals surface area contributed by atoms with Crippen LogP contribution >= 0.6 is 0 Å². The third-order valence-electron chi connectivity index (χ3n) is 13.9. The van der Waals surface area contributed by atoms with Crippen molar-refractivity contribution in [3.05, 3.63) is 11.6 Å². The van der Waals surface area contributed by atoms with Gasteiger partial charge < -0.3 is 64.6 Å². The molecule has 3 saturated heterocycles. The van der Waals surface area contributed by atoms with Gasteiger partial charge in [0.15, 0.2) is 24.1 Å². The number of guanidine groups is 1. The Balaban J connectivity index is 1.52. The van der Waals surface area contributed by atoms with Gasteiger partial charge in [0.2, 0.25) is 11.8 Å². The van der Waals surface area contributed by atoms with Crippen molar-refractivity contribution in [1.29, 1.82) is 0 Å². The largest absolute Gasteiger partial charge is 0.463 e. The van der Waals surface area contributed by atoms with E-state index in [-0.39, 0.29) is 44.6 Å². The molecule has 11 N–H and O–H groups in total. The van der Waals surface area contributed by atoms with Crippen molar-refractivity contribution < 1.29 is 94.2 Å². The molecule has 4 fully saturated rings. The number of alkyl carbamates (subject to hydrolysis) is 1. The van der Waals surface area contributed by atoms with Crippen molar-refractivity contribution in [3.8, 4) is 0 Å². The summed E-state index contributed by atoms with van der Waals surface area (Å²) in [6.07, 6.45) is -8.10. The van der Waals surface area contributed by atoms with E-state index >= 15 is 4.79 Å². The predicted molar refractivity (Wildman–Crippen MR) is 249 cm³/mol. The molecule has 2 bridgehead atoms. The summed E-state index contributed by atoms with van der Waals surface area (Å²) in [6, 6.07) is -6.09. The first-order chi connectivity index (χ1) is 34.1. The molecule has 5 aliphatic rings. The number of nitrogens with two attached hydrogens (primary N) is 2. The van der Waals surface area contributed by atoms with Crippen LogP contribution in [-0.2, 0) is 67.0 Å². The van der Waals surface area contributed by atoms with Gasteiger partial charge in [0, 0.05) is 32.9 Å². The quantitative estimate of drug-likeness (QED) is 0.00870. The number of piperidine rings is 1. The Morgan fingerprint density at radius 1 is 1.03 bits per heavy atom. The summed E-state index contributed by atoms with van der Waals surface area (Å²) in [4.78, 5) is 84.1. The Labute approximate surface area is 418 Å². The Morgan fingerprint density at radius 3 is 2.32 bits per heavy atom. The molecule has 0 aromatic heterocycles. The third-order valence-corrected chi connectivity index (χ3v) is 14.4. The van der Waals surface area contributed by atoms with E-state index in [1.807, 2.05) is 19.9 Å². The highest BCUT2D eigenvalue weighted by atomic mass is 32.3. The van der Waals surface area contributed by atoms with E-state index in [1.54, 1.807) is 18.4 Å². The van der Waals surface area contributed by atoms with E-state index in [0.717, 1.165) is 36.8 Å². The fraction of sp³-hybridized carbons (Fsp3) is 0.800. The molecule has 1 aliphatic carbocycles. The van der Waals surface area contributed by atoms with Gasteiger partial charge in [-0.1, -0.05) is 59.8 Å². The van der Waals surface area contributed by atoms with Gasteiger partial charge >= 0.3 is 34.4 Å². The first kappa shape index (κ1) is 58.2. The molecular weight excluding hydrogens is 975 g/mol. The molecule has 14 atom stereocenters. The maximum Gasteiger partial charge on any atom is 0.408 e. The number of amides is 4. The lowest BCUT2D eigenvalue weighted by atomic mass is 9.66. The van der Waals surface area contributed by atoms with Gasteiger partial charge in [-0.25, -0.2) is 8.98 Å². The summed E-state index contributed by atoms with van der Waals surface area (Å²) in [5.41, 5.74) is 10.4. The van der Waals surface area contributed by atoms with E-state index in [1.165, 1.54) is 0 Å². The number of nitrogens with one attached hydrogen (secondary N) is 3. The van der Waals surface area contributed by atoms with Crippen LogP contribution in [0.5, 0.6) is 0 Å². The Morgan fingerprint density at radius 2 is 1.71 bits per heavy atom. The molecule has 1 saturated carbocycles. The molecule has 26 nitrogen and oxygen atoms in total. The number of esters is 2. The average Bonchev–Trinajstić information content (AvgIpc) is 3.94. The van der Waals surface area contributed by atoms with Crippen LogP contribution in [-0.4, -0.2) is 198 Å². The molecule has 0 aromatic carbocycles. The normalized spacial score (nSPS) is 30.2. The van der Waals surface area contributed by atoms with Crippen molar-refractivity contribution in [2.45, 2.75) is 184 Å². The molecule has 0 radical (unpaired) electrons. The Kier molecular flexibility index (Phi) is 21.0. The van der Waals surface area contributed by atoms with E-state index < -0.39 is 144 Å². The van der Waals surface area contributed by atoms with Gasteiger partial charge in [-0.05, 0) is 43.3 Å². The van der Waals surface area contributed by atoms with Crippen molar-refractivity contribution in [3.63, 3.8) is 0 Å². The smallest absolute Gasteiger partial charge is 0.408 e. The van der Waals surface area contributed by atoms with Crippen LogP contribution in [0.3, 0.4) is 0 Å². The van der Waals surface area contributed by atoms with Gasteiger partial charge in [-0.15, -0.1) is 0 Å². The highest BCUT2D eigenvalue weighted by Crippen LogP contribution is 2.48. The molecule has 4 amide bonds. The highest BCUT2D eigenvalue weighted by Gasteiger charge is 2.70. The van der Waals surface area contributed by atoms with Crippen LogP contribution in [0.1, 0.15) is 105 Å². The Hall–Kier alpha value is -4.74. The van der Waals surface area contributed by atoms with Gasteiger partial charge in [0.25, 0.3) is 5.91 Å². The van der Waals surface area contributed by atoms with E-state index in [0.29, 0.717) is 38.8 Å². The van der Waals surface area contributed by atoms with Crippen LogP contribution in [0.4, 0.5) is 4.79 Å². The molecule has 4 heterocycles. The lowest BCUT2D eigenvalue weighted by molar-refractivity contribution is -0.503. The van der Waals surface area contributed by atoms with Crippen molar-refractivity contribution >= 4 is 52.1 Å². The maximum absolute atomic E-state index is 15.4. The molecule has 1 spiro atoms. The number of aliphatic hydroxyl groups excluding tert-OH is 3. The highest BCUT2D eigenvalue weighted by molar-refractivity contribution is 7.80. The minimum absolute atomic E-state index is 0.0325. The average molecular weight is 1050 g/mol. The second-order valence-electron chi connectivity index (χ2n) is 19.0. The lowest BCUT2D eigenvalue weighted by Gasteiger charge is -2.58. The van der Waals surface area contributed by atoms with Crippen molar-refractivity contribution in [1.82, 2.24) is 20.9 Å². The van der Waals surface area contributed by atoms with Crippen LogP contribution in [0.15, 0.2) is 11.6 Å². The van der Waals surface area contributed by atoms with Crippen LogP contribution in [0.2, 0.25) is 0 Å². The number of unbranched alkanes of at least 4 members (excludes halogenated alkanes) is 4. The third kappa shape index (κ3) is 14.3. The van der Waals surface area contributed by atoms with Gasteiger partial charge in [0.1, 0.15) is 55.8 Å². The Bertz CT molecular complexity index is 2110. The standard InChI is InChI=1S/C45H73N7O19S/c1-6-9-11-13-30(53)66-22-28-34(55)35(56)36(70-31(54)14-12-10-7-2)42(69-28)68-26-19-27-38(57)45(20-26)37(50-44(61)71-45)33(40(59)48-17-15-25-16-18-51(21-25)43(46)47)52(27)41(60)32(24(4)8-3)49-39(58)29(65-5)23-67-72(62,63)64/h16,24,26-29,32-38,42,55-57H,6-15,17-23H2,1-5H3,(H7,46,47,48,49,50,58,59,61,62,63,64)/p+1/t24-,26?,27?,28?,29?,32-,33?,34?,35?,36?,37?,38?,42?,45?/m1/s1. The minimum atomic E-state index is -5.03. The summed E-state index contributed by atoms with van der Waals surface area (Å²) in [5, 5.41) is 43.2. The molecular formula is C45H74N7O19S+. The number of nitrogens with zero attached hydrogens (tertiary/aromatic N) is 2. The maximum atomic E-state index is 15.4. The number of rotatable bonds is 26. The molecule has 5 rings (SSSR count). The van der Waals surface area contributed by atoms with E-state index in [2.05, 4.69) is 20.1 Å².